The Kier molecular flexibility index (Phi) is 5.34. The Morgan fingerprint density at radius 2 is 1.96 bits per heavy atom. The van der Waals surface area contributed by atoms with Crippen molar-refractivity contribution in [1.29, 1.82) is 0 Å². The van der Waals surface area contributed by atoms with Crippen molar-refractivity contribution in [2.24, 2.45) is 11.7 Å². The molecule has 150 valence electrons. The molecular weight excluding hydrogens is 344 g/mol. The van der Waals surface area contributed by atoms with E-state index in [-0.39, 0.29) is 35.0 Å². The van der Waals surface area contributed by atoms with Gasteiger partial charge in [0.1, 0.15) is 18.0 Å². The van der Waals surface area contributed by atoms with Gasteiger partial charge in [0.2, 0.25) is 5.91 Å². The number of aromatic nitrogens is 2. The van der Waals surface area contributed by atoms with Crippen LogP contribution in [-0.2, 0) is 11.3 Å². The summed E-state index contributed by atoms with van der Waals surface area (Å²) in [5.74, 6) is 0.771. The highest BCUT2D eigenvalue weighted by Crippen LogP contribution is 2.48. The summed E-state index contributed by atoms with van der Waals surface area (Å²) in [7, 11) is 0. The van der Waals surface area contributed by atoms with Crippen molar-refractivity contribution in [3.05, 3.63) is 22.1 Å². The van der Waals surface area contributed by atoms with Crippen LogP contribution in [0, 0.1) is 5.92 Å². The quantitative estimate of drug-likeness (QED) is 0.757. The van der Waals surface area contributed by atoms with Crippen LogP contribution in [-0.4, -0.2) is 33.4 Å². The van der Waals surface area contributed by atoms with E-state index in [0.717, 1.165) is 32.1 Å². The van der Waals surface area contributed by atoms with Gasteiger partial charge in [-0.25, -0.2) is 4.68 Å². The van der Waals surface area contributed by atoms with E-state index >= 15 is 0 Å². The van der Waals surface area contributed by atoms with Crippen LogP contribution in [0.1, 0.15) is 71.4 Å². The van der Waals surface area contributed by atoms with Gasteiger partial charge >= 0.3 is 0 Å². The lowest BCUT2D eigenvalue weighted by Crippen LogP contribution is -2.47. The number of nitrogens with zero attached hydrogens (tertiary/aromatic N) is 2. The molecule has 0 atom stereocenters. The molecule has 2 fully saturated rings. The Bertz CT molecular complexity index is 761. The number of rotatable bonds is 7. The molecule has 2 saturated carbocycles. The Morgan fingerprint density at radius 1 is 1.30 bits per heavy atom. The molecule has 7 heteroatoms. The van der Waals surface area contributed by atoms with Crippen LogP contribution in [0.15, 0.2) is 10.9 Å². The number of hydrogen-bond acceptors (Lipinski definition) is 5. The van der Waals surface area contributed by atoms with Gasteiger partial charge in [0, 0.05) is 23.1 Å². The van der Waals surface area contributed by atoms with Gasteiger partial charge in [-0.1, -0.05) is 27.7 Å². The van der Waals surface area contributed by atoms with Gasteiger partial charge in [-0.15, -0.1) is 0 Å². The molecule has 2 bridgehead atoms. The van der Waals surface area contributed by atoms with Gasteiger partial charge < -0.3 is 15.8 Å². The van der Waals surface area contributed by atoms with Gasteiger partial charge in [0.05, 0.1) is 6.61 Å². The van der Waals surface area contributed by atoms with Crippen molar-refractivity contribution < 1.29 is 9.53 Å². The van der Waals surface area contributed by atoms with Gasteiger partial charge in [-0.3, -0.25) is 9.59 Å². The third kappa shape index (κ3) is 4.34. The number of amides is 1. The van der Waals surface area contributed by atoms with Gasteiger partial charge in [0.25, 0.3) is 5.56 Å². The molecule has 1 heterocycles. The van der Waals surface area contributed by atoms with Crippen molar-refractivity contribution in [3.8, 4) is 5.75 Å². The molecule has 2 aliphatic carbocycles. The van der Waals surface area contributed by atoms with Gasteiger partial charge in [0.15, 0.2) is 0 Å². The molecule has 7 nitrogen and oxygen atoms in total. The minimum absolute atomic E-state index is 0.0810. The maximum absolute atomic E-state index is 12.6. The lowest BCUT2D eigenvalue weighted by atomic mass is 9.92. The third-order valence-electron chi connectivity index (χ3n) is 5.70. The van der Waals surface area contributed by atoms with E-state index in [1.165, 1.54) is 10.7 Å². The first-order chi connectivity index (χ1) is 12.6. The molecule has 1 aromatic rings. The van der Waals surface area contributed by atoms with Crippen LogP contribution < -0.4 is 21.3 Å². The molecule has 0 spiro atoms. The highest BCUT2D eigenvalue weighted by molar-refractivity contribution is 5.76. The minimum atomic E-state index is -0.322. The maximum Gasteiger partial charge on any atom is 0.270 e. The van der Waals surface area contributed by atoms with Crippen LogP contribution >= 0.6 is 0 Å². The SMILES string of the molecule is CC(C)COc1cc(=O)n(CC(=O)NC23CCC(N)(CC2)C3)nc1C(C)C. The summed E-state index contributed by atoms with van der Waals surface area (Å²) in [5, 5.41) is 7.57. The van der Waals surface area contributed by atoms with Gasteiger partial charge in [-0.2, -0.15) is 5.10 Å². The molecule has 3 rings (SSSR count). The second-order valence-electron chi connectivity index (χ2n) is 9.12. The molecule has 0 unspecified atom stereocenters. The van der Waals surface area contributed by atoms with E-state index in [1.807, 2.05) is 13.8 Å². The predicted molar refractivity (Wildman–Crippen MR) is 104 cm³/mol. The lowest BCUT2D eigenvalue weighted by Gasteiger charge is -2.28. The molecule has 3 N–H and O–H groups in total. The first kappa shape index (κ1) is 19.9. The fraction of sp³-hybridized carbons (Fsp3) is 0.750. The van der Waals surface area contributed by atoms with Crippen molar-refractivity contribution >= 4 is 5.91 Å². The summed E-state index contributed by atoms with van der Waals surface area (Å²) in [6.45, 7) is 8.54. The van der Waals surface area contributed by atoms with E-state index in [1.54, 1.807) is 0 Å². The van der Waals surface area contributed by atoms with Crippen molar-refractivity contribution in [3.63, 3.8) is 0 Å². The average Bonchev–Trinajstić information content (AvgIpc) is 3.07. The van der Waals surface area contributed by atoms with E-state index < -0.39 is 0 Å². The van der Waals surface area contributed by atoms with E-state index in [0.29, 0.717) is 24.0 Å². The van der Waals surface area contributed by atoms with E-state index in [4.69, 9.17) is 10.5 Å². The predicted octanol–water partition coefficient (Wildman–Crippen LogP) is 1.93. The van der Waals surface area contributed by atoms with Gasteiger partial charge in [-0.05, 0) is 38.0 Å². The standard InChI is InChI=1S/C20H32N4O3/c1-13(2)11-27-15-9-17(26)24(23-18(15)14(3)4)10-16(25)22-20-7-5-19(21,12-20)6-8-20/h9,13-14H,5-8,10-12,21H2,1-4H3,(H,22,25). The zero-order valence-corrected chi connectivity index (χ0v) is 16.9. The summed E-state index contributed by atoms with van der Waals surface area (Å²) < 4.78 is 7.01. The Balaban J connectivity index is 1.73. The zero-order valence-electron chi connectivity index (χ0n) is 16.9. The van der Waals surface area contributed by atoms with Crippen LogP contribution in [0.25, 0.3) is 0 Å². The van der Waals surface area contributed by atoms with E-state index in [9.17, 15) is 9.59 Å². The van der Waals surface area contributed by atoms with Crippen LogP contribution in [0.2, 0.25) is 0 Å². The van der Waals surface area contributed by atoms with Crippen LogP contribution in [0.4, 0.5) is 0 Å². The first-order valence-electron chi connectivity index (χ1n) is 9.96. The monoisotopic (exact) mass is 376 g/mol. The summed E-state index contributed by atoms with van der Waals surface area (Å²) >= 11 is 0. The molecule has 27 heavy (non-hydrogen) atoms. The fourth-order valence-electron chi connectivity index (χ4n) is 4.27. The Labute approximate surface area is 160 Å². The molecule has 2 aliphatic rings. The first-order valence-corrected chi connectivity index (χ1v) is 9.96. The number of ether oxygens (including phenoxy) is 1. The smallest absolute Gasteiger partial charge is 0.270 e. The number of carbonyl (C=O) groups is 1. The number of fused-ring (bicyclic) bond motifs is 2. The molecule has 1 amide bonds. The molecule has 1 aromatic heterocycles. The molecule has 0 aromatic carbocycles. The summed E-state index contributed by atoms with van der Waals surface area (Å²) in [6, 6.07) is 1.45. The molecule has 0 aliphatic heterocycles. The van der Waals surface area contributed by atoms with E-state index in [2.05, 4.69) is 24.3 Å². The van der Waals surface area contributed by atoms with Crippen molar-refractivity contribution in [1.82, 2.24) is 15.1 Å². The third-order valence-corrected chi connectivity index (χ3v) is 5.70. The largest absolute Gasteiger partial charge is 0.491 e. The highest BCUT2D eigenvalue weighted by atomic mass is 16.5. The minimum Gasteiger partial charge on any atom is -0.491 e. The topological polar surface area (TPSA) is 99.2 Å². The maximum atomic E-state index is 12.6. The summed E-state index contributed by atoms with van der Waals surface area (Å²) in [5.41, 5.74) is 6.38. The number of nitrogens with two attached hydrogens (primary N) is 1. The highest BCUT2D eigenvalue weighted by Gasteiger charge is 2.52. The molecular formula is C20H32N4O3. The van der Waals surface area contributed by atoms with Crippen molar-refractivity contribution in [2.75, 3.05) is 6.61 Å². The second-order valence-corrected chi connectivity index (χ2v) is 9.12. The number of carbonyl (C=O) groups excluding carboxylic acids is 1. The van der Waals surface area contributed by atoms with Crippen molar-refractivity contribution in [2.45, 2.75) is 83.3 Å². The Hall–Kier alpha value is -1.89. The zero-order chi connectivity index (χ0) is 19.8. The summed E-state index contributed by atoms with van der Waals surface area (Å²) in [4.78, 5) is 25.1. The molecule has 0 radical (unpaired) electrons. The second kappa shape index (κ2) is 7.26. The average molecular weight is 377 g/mol. The number of hydrogen-bond donors (Lipinski definition) is 2. The van der Waals surface area contributed by atoms with Crippen LogP contribution in [0.5, 0.6) is 5.75 Å². The summed E-state index contributed by atoms with van der Waals surface area (Å²) in [6.07, 6.45) is 4.55. The Morgan fingerprint density at radius 3 is 2.48 bits per heavy atom. The fourth-order valence-corrected chi connectivity index (χ4v) is 4.27. The molecule has 0 saturated heterocycles. The number of nitrogens with one attached hydrogen (secondary N) is 1. The van der Waals surface area contributed by atoms with Crippen LogP contribution in [0.3, 0.4) is 0 Å². The normalized spacial score (nSPS) is 26.8. The lowest BCUT2D eigenvalue weighted by molar-refractivity contribution is -0.123.